The van der Waals surface area contributed by atoms with E-state index in [9.17, 15) is 0 Å². The summed E-state index contributed by atoms with van der Waals surface area (Å²) in [5.41, 5.74) is 2.74. The Morgan fingerprint density at radius 3 is 2.55 bits per heavy atom. The summed E-state index contributed by atoms with van der Waals surface area (Å²) in [7, 11) is 0. The first kappa shape index (κ1) is 14.8. The van der Waals surface area contributed by atoms with Crippen LogP contribution in [0.4, 0.5) is 0 Å². The SMILES string of the molecule is Cc1ccc2c(c1)nnn2CN(OCCO)OCCO. The van der Waals surface area contributed by atoms with Crippen LogP contribution >= 0.6 is 0 Å². The minimum absolute atomic E-state index is 0.0944. The van der Waals surface area contributed by atoms with Crippen molar-refractivity contribution in [3.05, 3.63) is 23.8 Å². The molecule has 1 heterocycles. The highest BCUT2D eigenvalue weighted by Gasteiger charge is 2.11. The molecule has 8 heteroatoms. The second-order valence-electron chi connectivity index (χ2n) is 4.17. The Labute approximate surface area is 116 Å². The Morgan fingerprint density at radius 2 is 1.90 bits per heavy atom. The molecule has 0 spiro atoms. The first-order valence-corrected chi connectivity index (χ1v) is 6.29. The smallest absolute Gasteiger partial charge is 0.146 e. The number of fused-ring (bicyclic) bond motifs is 1. The minimum atomic E-state index is -0.129. The average Bonchev–Trinajstić information content (AvgIpc) is 2.84. The molecule has 20 heavy (non-hydrogen) atoms. The van der Waals surface area contributed by atoms with E-state index in [1.807, 2.05) is 25.1 Å². The van der Waals surface area contributed by atoms with E-state index in [4.69, 9.17) is 19.9 Å². The third-order valence-corrected chi connectivity index (χ3v) is 2.57. The third kappa shape index (κ3) is 3.71. The topological polar surface area (TPSA) is 92.9 Å². The number of benzene rings is 1. The maximum absolute atomic E-state index is 8.78. The lowest BCUT2D eigenvalue weighted by Crippen LogP contribution is -2.30. The van der Waals surface area contributed by atoms with Crippen molar-refractivity contribution in [1.82, 2.24) is 20.2 Å². The molecule has 2 aromatic rings. The maximum atomic E-state index is 8.78. The van der Waals surface area contributed by atoms with Crippen LogP contribution in [-0.2, 0) is 16.3 Å². The van der Waals surface area contributed by atoms with Crippen molar-refractivity contribution in [1.29, 1.82) is 0 Å². The van der Waals surface area contributed by atoms with Gasteiger partial charge in [-0.2, -0.15) is 0 Å². The normalized spacial score (nSPS) is 11.6. The summed E-state index contributed by atoms with van der Waals surface area (Å²) in [6.45, 7) is 2.10. The van der Waals surface area contributed by atoms with E-state index in [2.05, 4.69) is 10.3 Å². The number of nitrogens with zero attached hydrogens (tertiary/aromatic N) is 4. The van der Waals surface area contributed by atoms with Gasteiger partial charge in [0.25, 0.3) is 0 Å². The summed E-state index contributed by atoms with van der Waals surface area (Å²) < 4.78 is 1.61. The molecule has 0 aliphatic heterocycles. The molecule has 0 unspecified atom stereocenters. The molecular weight excluding hydrogens is 264 g/mol. The largest absolute Gasteiger partial charge is 0.394 e. The predicted octanol–water partition coefficient (Wildman–Crippen LogP) is -0.153. The van der Waals surface area contributed by atoms with Crippen LogP contribution in [0.3, 0.4) is 0 Å². The number of aliphatic hydroxyl groups excluding tert-OH is 2. The standard InChI is InChI=1S/C12H18N4O4/c1-10-2-3-12-11(8-10)13-14-15(12)9-16(19-6-4-17)20-7-5-18/h2-3,8,17-18H,4-7,9H2,1H3. The molecule has 0 radical (unpaired) electrons. The Balaban J connectivity index is 2.10. The van der Waals surface area contributed by atoms with Gasteiger partial charge in [-0.15, -0.1) is 5.10 Å². The second-order valence-corrected chi connectivity index (χ2v) is 4.17. The van der Waals surface area contributed by atoms with Crippen molar-refractivity contribution < 1.29 is 19.9 Å². The molecule has 0 bridgehead atoms. The van der Waals surface area contributed by atoms with E-state index in [-0.39, 0.29) is 33.1 Å². The van der Waals surface area contributed by atoms with Crippen LogP contribution in [0, 0.1) is 6.92 Å². The first-order valence-electron chi connectivity index (χ1n) is 6.29. The number of hydrogen-bond acceptors (Lipinski definition) is 7. The van der Waals surface area contributed by atoms with Crippen LogP contribution in [0.1, 0.15) is 5.56 Å². The fraction of sp³-hybridized carbons (Fsp3) is 0.500. The number of aryl methyl sites for hydroxylation is 1. The first-order chi connectivity index (χ1) is 9.74. The van der Waals surface area contributed by atoms with E-state index < -0.39 is 0 Å². The lowest BCUT2D eigenvalue weighted by Gasteiger charge is -2.20. The van der Waals surface area contributed by atoms with Crippen molar-refractivity contribution in [2.24, 2.45) is 0 Å². The number of aromatic nitrogens is 3. The van der Waals surface area contributed by atoms with E-state index in [0.29, 0.717) is 0 Å². The molecule has 0 atom stereocenters. The van der Waals surface area contributed by atoms with Crippen LogP contribution in [0.25, 0.3) is 11.0 Å². The molecule has 0 aliphatic rings. The number of hydrogen-bond donors (Lipinski definition) is 2. The van der Waals surface area contributed by atoms with E-state index in [1.165, 1.54) is 5.23 Å². The van der Waals surface area contributed by atoms with E-state index in [0.717, 1.165) is 16.6 Å². The molecule has 0 saturated carbocycles. The van der Waals surface area contributed by atoms with Gasteiger partial charge in [0.15, 0.2) is 0 Å². The summed E-state index contributed by atoms with van der Waals surface area (Å²) in [6, 6.07) is 5.82. The van der Waals surface area contributed by atoms with Crippen molar-refractivity contribution in [2.75, 3.05) is 26.4 Å². The summed E-state index contributed by atoms with van der Waals surface area (Å²) in [5.74, 6) is 0. The van der Waals surface area contributed by atoms with Crippen molar-refractivity contribution in [3.63, 3.8) is 0 Å². The summed E-state index contributed by atoms with van der Waals surface area (Å²) in [5, 5.41) is 26.8. The van der Waals surface area contributed by atoms with Gasteiger partial charge < -0.3 is 10.2 Å². The molecule has 0 saturated heterocycles. The second kappa shape index (κ2) is 7.27. The van der Waals surface area contributed by atoms with Gasteiger partial charge in [0.1, 0.15) is 12.2 Å². The van der Waals surface area contributed by atoms with E-state index in [1.54, 1.807) is 4.68 Å². The van der Waals surface area contributed by atoms with E-state index >= 15 is 0 Å². The molecule has 0 fully saturated rings. The minimum Gasteiger partial charge on any atom is -0.394 e. The molecule has 2 N–H and O–H groups in total. The lowest BCUT2D eigenvalue weighted by atomic mass is 10.2. The highest BCUT2D eigenvalue weighted by Crippen LogP contribution is 2.13. The number of aliphatic hydroxyl groups is 2. The Morgan fingerprint density at radius 1 is 1.20 bits per heavy atom. The van der Waals surface area contributed by atoms with Gasteiger partial charge in [0.2, 0.25) is 0 Å². The van der Waals surface area contributed by atoms with Crippen molar-refractivity contribution in [2.45, 2.75) is 13.6 Å². The molecule has 0 amide bonds. The monoisotopic (exact) mass is 282 g/mol. The zero-order valence-corrected chi connectivity index (χ0v) is 11.3. The highest BCUT2D eigenvalue weighted by atomic mass is 17.0. The van der Waals surface area contributed by atoms with Crippen LogP contribution < -0.4 is 0 Å². The van der Waals surface area contributed by atoms with Gasteiger partial charge in [0, 0.05) is 0 Å². The Hall–Kier alpha value is -1.58. The lowest BCUT2D eigenvalue weighted by molar-refractivity contribution is -0.387. The molecular formula is C12H18N4O4. The summed E-state index contributed by atoms with van der Waals surface area (Å²) in [4.78, 5) is 10.4. The molecule has 2 rings (SSSR count). The van der Waals surface area contributed by atoms with Gasteiger partial charge in [-0.05, 0) is 29.8 Å². The zero-order chi connectivity index (χ0) is 14.4. The quantitative estimate of drug-likeness (QED) is 0.650. The molecule has 8 nitrogen and oxygen atoms in total. The van der Waals surface area contributed by atoms with Crippen LogP contribution in [0.2, 0.25) is 0 Å². The van der Waals surface area contributed by atoms with Crippen molar-refractivity contribution >= 4 is 11.0 Å². The van der Waals surface area contributed by atoms with Crippen LogP contribution in [0.15, 0.2) is 18.2 Å². The summed E-state index contributed by atoms with van der Waals surface area (Å²) >= 11 is 0. The highest BCUT2D eigenvalue weighted by molar-refractivity contribution is 5.74. The fourth-order valence-corrected chi connectivity index (χ4v) is 1.70. The number of hydroxylamine groups is 2. The van der Waals surface area contributed by atoms with Crippen LogP contribution in [0.5, 0.6) is 0 Å². The van der Waals surface area contributed by atoms with Gasteiger partial charge >= 0.3 is 0 Å². The van der Waals surface area contributed by atoms with Gasteiger partial charge in [-0.3, -0.25) is 9.68 Å². The van der Waals surface area contributed by atoms with Crippen molar-refractivity contribution in [3.8, 4) is 0 Å². The van der Waals surface area contributed by atoms with Gasteiger partial charge in [0.05, 0.1) is 31.9 Å². The Bertz CT molecular complexity index is 537. The molecule has 0 aliphatic carbocycles. The van der Waals surface area contributed by atoms with Gasteiger partial charge in [-0.25, -0.2) is 4.68 Å². The molecule has 1 aromatic heterocycles. The third-order valence-electron chi connectivity index (χ3n) is 2.57. The molecule has 110 valence electrons. The Kier molecular flexibility index (Phi) is 5.39. The predicted molar refractivity (Wildman–Crippen MR) is 70.2 cm³/mol. The fourth-order valence-electron chi connectivity index (χ4n) is 1.70. The maximum Gasteiger partial charge on any atom is 0.146 e. The number of rotatable bonds is 8. The average molecular weight is 282 g/mol. The van der Waals surface area contributed by atoms with Crippen LogP contribution in [-0.4, -0.2) is 56.9 Å². The summed E-state index contributed by atoms with van der Waals surface area (Å²) in [6.07, 6.45) is 0. The zero-order valence-electron chi connectivity index (χ0n) is 11.3. The molecule has 1 aromatic carbocycles. The van der Waals surface area contributed by atoms with Gasteiger partial charge in [-0.1, -0.05) is 11.3 Å².